The van der Waals surface area contributed by atoms with Crippen LogP contribution in [-0.2, 0) is 22.7 Å². The molecule has 0 unspecified atom stereocenters. The Hall–Kier alpha value is -1.43. The van der Waals surface area contributed by atoms with Crippen molar-refractivity contribution in [2.75, 3.05) is 13.7 Å². The van der Waals surface area contributed by atoms with E-state index < -0.39 is 6.10 Å². The zero-order valence-electron chi connectivity index (χ0n) is 11.1. The number of rotatable bonds is 5. The van der Waals surface area contributed by atoms with Gasteiger partial charge in [0.25, 0.3) is 0 Å². The Morgan fingerprint density at radius 1 is 1.42 bits per heavy atom. The molecule has 1 aromatic carbocycles. The van der Waals surface area contributed by atoms with Crippen molar-refractivity contribution in [1.82, 2.24) is 10.6 Å². The molecule has 3 N–H and O–H groups in total. The molecular weight excluding hydrogens is 244 g/mol. The Bertz CT molecular complexity index is 419. The van der Waals surface area contributed by atoms with E-state index in [0.29, 0.717) is 26.1 Å². The zero-order chi connectivity index (χ0) is 13.7. The molecule has 1 fully saturated rings. The van der Waals surface area contributed by atoms with Crippen LogP contribution in [0.2, 0.25) is 0 Å². The number of hydrogen-bond acceptors (Lipinski definition) is 4. The molecule has 1 amide bonds. The molecule has 1 aliphatic heterocycles. The van der Waals surface area contributed by atoms with Crippen molar-refractivity contribution in [1.29, 1.82) is 0 Å². The van der Waals surface area contributed by atoms with Crippen molar-refractivity contribution >= 4 is 5.91 Å². The predicted molar refractivity (Wildman–Crippen MR) is 71.4 cm³/mol. The highest BCUT2D eigenvalue weighted by molar-refractivity contribution is 5.82. The van der Waals surface area contributed by atoms with Crippen molar-refractivity contribution in [3.63, 3.8) is 0 Å². The first-order valence-corrected chi connectivity index (χ1v) is 6.45. The van der Waals surface area contributed by atoms with Gasteiger partial charge in [0.15, 0.2) is 0 Å². The molecule has 5 heteroatoms. The number of carbonyl (C=O) groups excluding carboxylic acids is 1. The second kappa shape index (κ2) is 6.65. The molecule has 2 atom stereocenters. The van der Waals surface area contributed by atoms with Crippen molar-refractivity contribution in [2.24, 2.45) is 0 Å². The van der Waals surface area contributed by atoms with Gasteiger partial charge in [0.2, 0.25) is 5.91 Å². The number of benzene rings is 1. The summed E-state index contributed by atoms with van der Waals surface area (Å²) in [6.45, 7) is 1.58. The third-order valence-corrected chi connectivity index (χ3v) is 3.22. The first kappa shape index (κ1) is 14.0. The Kier molecular flexibility index (Phi) is 4.90. The molecule has 0 radical (unpaired) electrons. The van der Waals surface area contributed by atoms with E-state index in [1.807, 2.05) is 24.3 Å². The number of aliphatic hydroxyl groups excluding tert-OH is 1. The number of ether oxygens (including phenoxy) is 1. The van der Waals surface area contributed by atoms with Gasteiger partial charge in [0, 0.05) is 20.2 Å². The summed E-state index contributed by atoms with van der Waals surface area (Å²) in [5.41, 5.74) is 2.16. The molecule has 0 aromatic heterocycles. The molecule has 1 saturated heterocycles. The summed E-state index contributed by atoms with van der Waals surface area (Å²) in [7, 11) is 1.66. The van der Waals surface area contributed by atoms with Gasteiger partial charge in [-0.3, -0.25) is 4.79 Å². The topological polar surface area (TPSA) is 70.6 Å². The van der Waals surface area contributed by atoms with E-state index in [4.69, 9.17) is 4.74 Å². The van der Waals surface area contributed by atoms with Crippen LogP contribution >= 0.6 is 0 Å². The molecule has 0 aliphatic carbocycles. The second-order valence-corrected chi connectivity index (χ2v) is 4.82. The summed E-state index contributed by atoms with van der Waals surface area (Å²) in [6.07, 6.45) is 0.0718. The largest absolute Gasteiger partial charge is 0.392 e. The normalized spacial score (nSPS) is 22.4. The lowest BCUT2D eigenvalue weighted by molar-refractivity contribution is -0.123. The number of aliphatic hydroxyl groups is 1. The molecule has 0 spiro atoms. The van der Waals surface area contributed by atoms with Gasteiger partial charge in [-0.05, 0) is 17.5 Å². The third-order valence-electron chi connectivity index (χ3n) is 3.22. The molecular formula is C14H20N2O3. The predicted octanol–water partition coefficient (Wildman–Crippen LogP) is 0.172. The van der Waals surface area contributed by atoms with E-state index in [1.165, 1.54) is 0 Å². The van der Waals surface area contributed by atoms with Crippen LogP contribution in [-0.4, -0.2) is 36.8 Å². The molecule has 19 heavy (non-hydrogen) atoms. The first-order chi connectivity index (χ1) is 9.19. The lowest BCUT2D eigenvalue weighted by atomic mass is 10.1. The van der Waals surface area contributed by atoms with Crippen molar-refractivity contribution in [3.8, 4) is 0 Å². The smallest absolute Gasteiger partial charge is 0.237 e. The van der Waals surface area contributed by atoms with Crippen LogP contribution in [0.1, 0.15) is 17.5 Å². The van der Waals surface area contributed by atoms with E-state index in [2.05, 4.69) is 10.6 Å². The fraction of sp³-hybridized carbons (Fsp3) is 0.500. The van der Waals surface area contributed by atoms with Gasteiger partial charge in [-0.25, -0.2) is 0 Å². The van der Waals surface area contributed by atoms with E-state index in [0.717, 1.165) is 11.1 Å². The van der Waals surface area contributed by atoms with Crippen LogP contribution in [0.4, 0.5) is 0 Å². The van der Waals surface area contributed by atoms with Gasteiger partial charge >= 0.3 is 0 Å². The standard InChI is InChI=1S/C14H20N2O3/c1-19-9-11-4-2-10(3-5-11)7-16-14(18)13-6-12(17)8-15-13/h2-5,12-13,15,17H,6-9H2,1H3,(H,16,18)/t12-,13+/m1/s1. The number of hydrogen-bond donors (Lipinski definition) is 3. The highest BCUT2D eigenvalue weighted by Gasteiger charge is 2.27. The average molecular weight is 264 g/mol. The summed E-state index contributed by atoms with van der Waals surface area (Å²) in [4.78, 5) is 11.8. The minimum Gasteiger partial charge on any atom is -0.392 e. The summed E-state index contributed by atoms with van der Waals surface area (Å²) in [6, 6.07) is 7.66. The third kappa shape index (κ3) is 4.02. The number of amides is 1. The molecule has 5 nitrogen and oxygen atoms in total. The Morgan fingerprint density at radius 2 is 2.11 bits per heavy atom. The molecule has 104 valence electrons. The minimum atomic E-state index is -0.413. The SMILES string of the molecule is COCc1ccc(CNC(=O)[C@@H]2C[C@@H](O)CN2)cc1. The van der Waals surface area contributed by atoms with Gasteiger partial charge < -0.3 is 20.5 Å². The van der Waals surface area contributed by atoms with Crippen LogP contribution in [0.25, 0.3) is 0 Å². The van der Waals surface area contributed by atoms with Crippen LogP contribution < -0.4 is 10.6 Å². The molecule has 0 saturated carbocycles. The van der Waals surface area contributed by atoms with Gasteiger partial charge in [-0.15, -0.1) is 0 Å². The van der Waals surface area contributed by atoms with Crippen LogP contribution in [0.3, 0.4) is 0 Å². The van der Waals surface area contributed by atoms with E-state index in [9.17, 15) is 9.90 Å². The fourth-order valence-electron chi connectivity index (χ4n) is 2.15. The number of carbonyl (C=O) groups is 1. The van der Waals surface area contributed by atoms with Gasteiger partial charge in [-0.2, -0.15) is 0 Å². The summed E-state index contributed by atoms with van der Waals surface area (Å²) in [5.74, 6) is -0.0579. The first-order valence-electron chi connectivity index (χ1n) is 6.45. The van der Waals surface area contributed by atoms with E-state index >= 15 is 0 Å². The lowest BCUT2D eigenvalue weighted by Crippen LogP contribution is -2.39. The second-order valence-electron chi connectivity index (χ2n) is 4.82. The van der Waals surface area contributed by atoms with Crippen LogP contribution in [0.15, 0.2) is 24.3 Å². The molecule has 1 aromatic rings. The Balaban J connectivity index is 1.80. The lowest BCUT2D eigenvalue weighted by Gasteiger charge is -2.11. The average Bonchev–Trinajstić information content (AvgIpc) is 2.85. The maximum Gasteiger partial charge on any atom is 0.237 e. The van der Waals surface area contributed by atoms with Crippen molar-refractivity contribution < 1.29 is 14.6 Å². The van der Waals surface area contributed by atoms with Gasteiger partial charge in [0.1, 0.15) is 0 Å². The maximum atomic E-state index is 11.8. The number of methoxy groups -OCH3 is 1. The summed E-state index contributed by atoms with van der Waals surface area (Å²) in [5, 5.41) is 15.2. The van der Waals surface area contributed by atoms with Crippen molar-refractivity contribution in [2.45, 2.75) is 31.7 Å². The van der Waals surface area contributed by atoms with E-state index in [-0.39, 0.29) is 11.9 Å². The monoisotopic (exact) mass is 264 g/mol. The highest BCUT2D eigenvalue weighted by Crippen LogP contribution is 2.08. The molecule has 1 aliphatic rings. The van der Waals surface area contributed by atoms with Gasteiger partial charge in [0.05, 0.1) is 18.8 Å². The van der Waals surface area contributed by atoms with Crippen LogP contribution in [0.5, 0.6) is 0 Å². The Morgan fingerprint density at radius 3 is 2.68 bits per heavy atom. The fourth-order valence-corrected chi connectivity index (χ4v) is 2.15. The van der Waals surface area contributed by atoms with E-state index in [1.54, 1.807) is 7.11 Å². The minimum absolute atomic E-state index is 0.0579. The zero-order valence-corrected chi connectivity index (χ0v) is 11.1. The number of nitrogens with one attached hydrogen (secondary N) is 2. The van der Waals surface area contributed by atoms with Gasteiger partial charge in [-0.1, -0.05) is 24.3 Å². The van der Waals surface area contributed by atoms with Crippen LogP contribution in [0, 0.1) is 0 Å². The highest BCUT2D eigenvalue weighted by atomic mass is 16.5. The quantitative estimate of drug-likeness (QED) is 0.709. The Labute approximate surface area is 113 Å². The van der Waals surface area contributed by atoms with Crippen molar-refractivity contribution in [3.05, 3.63) is 35.4 Å². The number of β-amino-alcohol motifs (C(OH)–C–C–N with tert-alkyl or cyclic N) is 1. The molecule has 0 bridgehead atoms. The molecule has 2 rings (SSSR count). The molecule has 1 heterocycles. The summed E-state index contributed by atoms with van der Waals surface area (Å²) < 4.78 is 5.04. The summed E-state index contributed by atoms with van der Waals surface area (Å²) >= 11 is 0. The maximum absolute atomic E-state index is 11.8.